The van der Waals surface area contributed by atoms with Crippen LogP contribution in [0.1, 0.15) is 20.7 Å². The van der Waals surface area contributed by atoms with Crippen molar-refractivity contribution >= 4 is 39.6 Å². The standard InChI is InChI=1S/C19H16BrFO4S/c20-17-15(21)16(25-19(23)13-9-5-2-6-10-13)14(26-17)11-24-18(22)12-7-3-1-4-8-12/h1-10,14-17H,11H2/t14-,15+,16-,17?/m1/s1. The Morgan fingerprint density at radius 1 is 0.962 bits per heavy atom. The van der Waals surface area contributed by atoms with E-state index in [-0.39, 0.29) is 6.61 Å². The van der Waals surface area contributed by atoms with Gasteiger partial charge in [0, 0.05) is 0 Å². The van der Waals surface area contributed by atoms with Crippen molar-refractivity contribution in [3.8, 4) is 0 Å². The van der Waals surface area contributed by atoms with Crippen LogP contribution in [0.5, 0.6) is 0 Å². The first kappa shape index (κ1) is 18.9. The first-order valence-corrected chi connectivity index (χ1v) is 9.84. The summed E-state index contributed by atoms with van der Waals surface area (Å²) in [5.74, 6) is -1.09. The zero-order chi connectivity index (χ0) is 18.5. The number of thioether (sulfide) groups is 1. The SMILES string of the molecule is O=C(OC[C@H]1SC(Br)[C@@H](F)[C@@H]1OC(=O)c1ccccc1)c1ccccc1. The summed E-state index contributed by atoms with van der Waals surface area (Å²) in [6.45, 7) is -0.0480. The molecule has 0 aliphatic carbocycles. The third-order valence-electron chi connectivity index (χ3n) is 3.88. The van der Waals surface area contributed by atoms with Gasteiger partial charge in [-0.3, -0.25) is 0 Å². The first-order valence-electron chi connectivity index (χ1n) is 7.98. The molecule has 3 rings (SSSR count). The Morgan fingerprint density at radius 2 is 1.50 bits per heavy atom. The van der Waals surface area contributed by atoms with Gasteiger partial charge in [-0.05, 0) is 24.3 Å². The Hall–Kier alpha value is -1.86. The van der Waals surface area contributed by atoms with Gasteiger partial charge in [-0.2, -0.15) is 0 Å². The van der Waals surface area contributed by atoms with Gasteiger partial charge in [0.1, 0.15) is 6.61 Å². The van der Waals surface area contributed by atoms with E-state index >= 15 is 0 Å². The highest BCUT2D eigenvalue weighted by molar-refractivity contribution is 9.11. The molecule has 0 N–H and O–H groups in total. The summed E-state index contributed by atoms with van der Waals surface area (Å²) in [5, 5.41) is -0.491. The minimum Gasteiger partial charge on any atom is -0.461 e. The van der Waals surface area contributed by atoms with E-state index < -0.39 is 33.6 Å². The van der Waals surface area contributed by atoms with E-state index in [1.165, 1.54) is 11.8 Å². The Kier molecular flexibility index (Phi) is 6.32. The van der Waals surface area contributed by atoms with Gasteiger partial charge in [-0.1, -0.05) is 52.3 Å². The van der Waals surface area contributed by atoms with Crippen LogP contribution >= 0.6 is 27.7 Å². The molecule has 1 heterocycles. The number of halogens is 2. The van der Waals surface area contributed by atoms with Gasteiger partial charge in [0.15, 0.2) is 12.3 Å². The molecule has 1 fully saturated rings. The predicted molar refractivity (Wildman–Crippen MR) is 101 cm³/mol. The summed E-state index contributed by atoms with van der Waals surface area (Å²) in [6, 6.07) is 17.0. The second-order valence-electron chi connectivity index (χ2n) is 5.67. The third kappa shape index (κ3) is 4.45. The largest absolute Gasteiger partial charge is 0.461 e. The molecule has 0 saturated carbocycles. The van der Waals surface area contributed by atoms with E-state index in [4.69, 9.17) is 9.47 Å². The van der Waals surface area contributed by atoms with Gasteiger partial charge in [0.05, 0.1) is 20.5 Å². The van der Waals surface area contributed by atoms with Crippen LogP contribution in [-0.2, 0) is 9.47 Å². The van der Waals surface area contributed by atoms with Crippen molar-refractivity contribution in [2.24, 2.45) is 0 Å². The fourth-order valence-corrected chi connectivity index (χ4v) is 4.81. The average Bonchev–Trinajstić information content (AvgIpc) is 2.95. The van der Waals surface area contributed by atoms with Gasteiger partial charge >= 0.3 is 11.9 Å². The highest BCUT2D eigenvalue weighted by Crippen LogP contribution is 2.41. The highest BCUT2D eigenvalue weighted by Gasteiger charge is 2.46. The Balaban J connectivity index is 1.63. The van der Waals surface area contributed by atoms with Crippen molar-refractivity contribution in [3.05, 3.63) is 71.8 Å². The van der Waals surface area contributed by atoms with Crippen molar-refractivity contribution in [2.45, 2.75) is 21.7 Å². The predicted octanol–water partition coefficient (Wildman–Crippen LogP) is 4.24. The number of alkyl halides is 2. The average molecular weight is 439 g/mol. The molecule has 1 aliphatic heterocycles. The van der Waals surface area contributed by atoms with Gasteiger partial charge in [0.2, 0.25) is 0 Å². The lowest BCUT2D eigenvalue weighted by Gasteiger charge is -2.20. The topological polar surface area (TPSA) is 52.6 Å². The van der Waals surface area contributed by atoms with Gasteiger partial charge in [-0.15, -0.1) is 11.8 Å². The monoisotopic (exact) mass is 438 g/mol. The molecular weight excluding hydrogens is 423 g/mol. The van der Waals surface area contributed by atoms with Crippen LogP contribution in [0.2, 0.25) is 0 Å². The summed E-state index contributed by atoms with van der Waals surface area (Å²) < 4.78 is 24.6. The molecule has 2 aromatic carbocycles. The number of carbonyl (C=O) groups excluding carboxylic acids is 2. The van der Waals surface area contributed by atoms with Crippen LogP contribution < -0.4 is 0 Å². The number of carbonyl (C=O) groups is 2. The van der Waals surface area contributed by atoms with Crippen molar-refractivity contribution < 1.29 is 23.5 Å². The summed E-state index contributed by atoms with van der Waals surface area (Å²) in [6.07, 6.45) is -2.39. The molecule has 1 aliphatic rings. The fourth-order valence-electron chi connectivity index (χ4n) is 2.53. The molecule has 2 aromatic rings. The molecule has 26 heavy (non-hydrogen) atoms. The minimum absolute atomic E-state index is 0.0480. The summed E-state index contributed by atoms with van der Waals surface area (Å²) in [4.78, 5) is 24.3. The van der Waals surface area contributed by atoms with E-state index in [0.29, 0.717) is 11.1 Å². The minimum atomic E-state index is -1.40. The molecule has 7 heteroatoms. The quantitative estimate of drug-likeness (QED) is 0.515. The van der Waals surface area contributed by atoms with E-state index in [2.05, 4.69) is 15.9 Å². The number of hydrogen-bond donors (Lipinski definition) is 0. The van der Waals surface area contributed by atoms with Crippen molar-refractivity contribution in [1.29, 1.82) is 0 Å². The number of esters is 2. The number of hydrogen-bond acceptors (Lipinski definition) is 5. The van der Waals surface area contributed by atoms with Crippen LogP contribution in [0.4, 0.5) is 4.39 Å². The second kappa shape index (κ2) is 8.68. The molecule has 1 unspecified atom stereocenters. The fraction of sp³-hybridized carbons (Fsp3) is 0.263. The normalized spacial score (nSPS) is 24.8. The van der Waals surface area contributed by atoms with Crippen LogP contribution in [0, 0.1) is 0 Å². The van der Waals surface area contributed by atoms with Crippen molar-refractivity contribution in [3.63, 3.8) is 0 Å². The first-order chi connectivity index (χ1) is 12.6. The van der Waals surface area contributed by atoms with Crippen LogP contribution in [-0.4, -0.2) is 40.2 Å². The number of rotatable bonds is 5. The summed E-state index contributed by atoms with van der Waals surface area (Å²) >= 11 is 4.48. The number of ether oxygens (including phenoxy) is 2. The molecule has 0 bridgehead atoms. The Morgan fingerprint density at radius 3 is 2.08 bits per heavy atom. The molecular formula is C19H16BrFO4S. The van der Waals surface area contributed by atoms with Crippen molar-refractivity contribution in [2.75, 3.05) is 6.61 Å². The maximum atomic E-state index is 14.5. The van der Waals surface area contributed by atoms with E-state index in [1.54, 1.807) is 60.7 Å². The maximum absolute atomic E-state index is 14.5. The smallest absolute Gasteiger partial charge is 0.338 e. The molecule has 4 atom stereocenters. The molecule has 0 radical (unpaired) electrons. The van der Waals surface area contributed by atoms with Crippen LogP contribution in [0.15, 0.2) is 60.7 Å². The molecule has 136 valence electrons. The van der Waals surface area contributed by atoms with E-state index in [0.717, 1.165) is 0 Å². The molecule has 0 aromatic heterocycles. The lowest BCUT2D eigenvalue weighted by molar-refractivity contribution is 0.00404. The maximum Gasteiger partial charge on any atom is 0.338 e. The van der Waals surface area contributed by atoms with Gasteiger partial charge < -0.3 is 9.47 Å². The lowest BCUT2D eigenvalue weighted by atomic mass is 10.1. The molecule has 1 saturated heterocycles. The Bertz CT molecular complexity index is 759. The molecule has 4 nitrogen and oxygen atoms in total. The lowest BCUT2D eigenvalue weighted by Crippen LogP contribution is -2.36. The number of benzene rings is 2. The van der Waals surface area contributed by atoms with Gasteiger partial charge in [-0.25, -0.2) is 14.0 Å². The molecule has 0 amide bonds. The van der Waals surface area contributed by atoms with E-state index in [1.807, 2.05) is 0 Å². The molecule has 0 spiro atoms. The van der Waals surface area contributed by atoms with E-state index in [9.17, 15) is 14.0 Å². The van der Waals surface area contributed by atoms with Crippen LogP contribution in [0.25, 0.3) is 0 Å². The van der Waals surface area contributed by atoms with Crippen LogP contribution in [0.3, 0.4) is 0 Å². The zero-order valence-electron chi connectivity index (χ0n) is 13.6. The summed E-state index contributed by atoms with van der Waals surface area (Å²) in [7, 11) is 0. The summed E-state index contributed by atoms with van der Waals surface area (Å²) in [5.41, 5.74) is 0.767. The van der Waals surface area contributed by atoms with Crippen molar-refractivity contribution in [1.82, 2.24) is 0 Å². The zero-order valence-corrected chi connectivity index (χ0v) is 16.0. The van der Waals surface area contributed by atoms with Gasteiger partial charge in [0.25, 0.3) is 0 Å². The Labute approximate surface area is 163 Å². The highest BCUT2D eigenvalue weighted by atomic mass is 79.9. The second-order valence-corrected chi connectivity index (χ2v) is 8.65. The third-order valence-corrected chi connectivity index (χ3v) is 6.30.